The number of nitrogens with zero attached hydrogens (tertiary/aromatic N) is 1. The lowest BCUT2D eigenvalue weighted by molar-refractivity contribution is -0.0605. The van der Waals surface area contributed by atoms with Crippen molar-refractivity contribution in [2.75, 3.05) is 31.2 Å². The van der Waals surface area contributed by atoms with Gasteiger partial charge >= 0.3 is 0 Å². The van der Waals surface area contributed by atoms with Crippen molar-refractivity contribution in [3.8, 4) is 0 Å². The second-order valence-corrected chi connectivity index (χ2v) is 9.16. The number of nitrogens with one attached hydrogen (secondary N) is 2. The SMILES string of the molecule is CCNC(=NCC1CCS(=O)(=O)C1)NC1CCOC(C)(C)C1. The van der Waals surface area contributed by atoms with Crippen LogP contribution in [0.25, 0.3) is 0 Å². The Morgan fingerprint density at radius 3 is 2.73 bits per heavy atom. The van der Waals surface area contributed by atoms with Crippen LogP contribution >= 0.6 is 0 Å². The van der Waals surface area contributed by atoms with E-state index in [0.717, 1.165) is 38.4 Å². The van der Waals surface area contributed by atoms with Crippen molar-refractivity contribution in [2.45, 2.75) is 51.7 Å². The third kappa shape index (κ3) is 5.43. The maximum Gasteiger partial charge on any atom is 0.191 e. The summed E-state index contributed by atoms with van der Waals surface area (Å²) in [5.74, 6) is 1.53. The highest BCUT2D eigenvalue weighted by Crippen LogP contribution is 2.24. The molecule has 2 rings (SSSR count). The quantitative estimate of drug-likeness (QED) is 0.592. The first-order valence-corrected chi connectivity index (χ1v) is 10.0. The van der Waals surface area contributed by atoms with Crippen LogP contribution in [0.1, 0.15) is 40.0 Å². The Kier molecular flexibility index (Phi) is 5.71. The molecule has 128 valence electrons. The van der Waals surface area contributed by atoms with Gasteiger partial charge in [-0.05, 0) is 46.0 Å². The summed E-state index contributed by atoms with van der Waals surface area (Å²) >= 11 is 0. The smallest absolute Gasteiger partial charge is 0.191 e. The summed E-state index contributed by atoms with van der Waals surface area (Å²) in [6, 6.07) is 0.342. The van der Waals surface area contributed by atoms with Crippen LogP contribution < -0.4 is 10.6 Å². The van der Waals surface area contributed by atoms with Crippen LogP contribution in [0.4, 0.5) is 0 Å². The zero-order valence-corrected chi connectivity index (χ0v) is 14.7. The predicted octanol–water partition coefficient (Wildman–Crippen LogP) is 0.934. The summed E-state index contributed by atoms with van der Waals surface area (Å²) in [7, 11) is -2.82. The van der Waals surface area contributed by atoms with Gasteiger partial charge in [0.15, 0.2) is 15.8 Å². The van der Waals surface area contributed by atoms with Gasteiger partial charge in [0, 0.05) is 25.7 Å². The fourth-order valence-corrected chi connectivity index (χ4v) is 4.95. The molecule has 6 nitrogen and oxygen atoms in total. The van der Waals surface area contributed by atoms with Crippen LogP contribution in [-0.2, 0) is 14.6 Å². The molecule has 2 heterocycles. The summed E-state index contributed by atoms with van der Waals surface area (Å²) in [6.07, 6.45) is 2.64. The molecule has 0 radical (unpaired) electrons. The van der Waals surface area contributed by atoms with Crippen molar-refractivity contribution >= 4 is 15.8 Å². The molecule has 0 aromatic rings. The molecule has 0 aliphatic carbocycles. The summed E-state index contributed by atoms with van der Waals surface area (Å²) in [4.78, 5) is 4.59. The fourth-order valence-electron chi connectivity index (χ4n) is 3.10. The van der Waals surface area contributed by atoms with E-state index in [0.29, 0.717) is 18.3 Å². The summed E-state index contributed by atoms with van der Waals surface area (Å²) in [5, 5.41) is 6.72. The van der Waals surface area contributed by atoms with E-state index in [2.05, 4.69) is 29.5 Å². The Bertz CT molecular complexity index is 502. The predicted molar refractivity (Wildman–Crippen MR) is 88.9 cm³/mol. The number of ether oxygens (including phenoxy) is 1. The van der Waals surface area contributed by atoms with Gasteiger partial charge in [0.2, 0.25) is 0 Å². The van der Waals surface area contributed by atoms with E-state index in [1.807, 2.05) is 6.92 Å². The van der Waals surface area contributed by atoms with Gasteiger partial charge in [0.25, 0.3) is 0 Å². The second-order valence-electron chi connectivity index (χ2n) is 6.93. The van der Waals surface area contributed by atoms with Gasteiger partial charge in [-0.2, -0.15) is 0 Å². The third-order valence-electron chi connectivity index (χ3n) is 4.22. The largest absolute Gasteiger partial charge is 0.375 e. The standard InChI is InChI=1S/C15H29N3O3S/c1-4-16-14(17-10-12-6-8-22(19,20)11-12)18-13-5-7-21-15(2,3)9-13/h12-13H,4-11H2,1-3H3,(H2,16,17,18). The van der Waals surface area contributed by atoms with E-state index in [4.69, 9.17) is 4.74 Å². The fraction of sp³-hybridized carbons (Fsp3) is 0.933. The molecule has 2 fully saturated rings. The normalized spacial score (nSPS) is 31.0. The molecule has 0 saturated carbocycles. The van der Waals surface area contributed by atoms with E-state index in [9.17, 15) is 8.42 Å². The van der Waals surface area contributed by atoms with Gasteiger partial charge in [0.1, 0.15) is 0 Å². The minimum atomic E-state index is -2.82. The molecular weight excluding hydrogens is 302 g/mol. The van der Waals surface area contributed by atoms with E-state index in [1.54, 1.807) is 0 Å². The second kappa shape index (κ2) is 7.17. The van der Waals surface area contributed by atoms with Gasteiger partial charge in [-0.1, -0.05) is 0 Å². The summed E-state index contributed by atoms with van der Waals surface area (Å²) < 4.78 is 28.7. The number of guanidine groups is 1. The zero-order chi connectivity index (χ0) is 16.2. The van der Waals surface area contributed by atoms with Crippen molar-refractivity contribution in [3.63, 3.8) is 0 Å². The molecule has 7 heteroatoms. The molecule has 0 bridgehead atoms. The zero-order valence-electron chi connectivity index (χ0n) is 13.9. The van der Waals surface area contributed by atoms with Gasteiger partial charge in [0.05, 0.1) is 17.1 Å². The van der Waals surface area contributed by atoms with Crippen LogP contribution in [-0.4, -0.2) is 57.2 Å². The van der Waals surface area contributed by atoms with Crippen molar-refractivity contribution in [3.05, 3.63) is 0 Å². The molecule has 2 atom stereocenters. The Morgan fingerprint density at radius 2 is 2.14 bits per heavy atom. The van der Waals surface area contributed by atoms with Crippen molar-refractivity contribution < 1.29 is 13.2 Å². The number of sulfone groups is 1. The van der Waals surface area contributed by atoms with Gasteiger partial charge < -0.3 is 15.4 Å². The molecule has 0 aromatic heterocycles. The topological polar surface area (TPSA) is 79.8 Å². The molecule has 2 saturated heterocycles. The van der Waals surface area contributed by atoms with E-state index in [-0.39, 0.29) is 17.3 Å². The molecule has 2 N–H and O–H groups in total. The highest BCUT2D eigenvalue weighted by molar-refractivity contribution is 7.91. The first-order valence-electron chi connectivity index (χ1n) is 8.19. The molecule has 0 aromatic carbocycles. The average molecular weight is 331 g/mol. The van der Waals surface area contributed by atoms with E-state index < -0.39 is 9.84 Å². The van der Waals surface area contributed by atoms with Gasteiger partial charge in [-0.25, -0.2) is 8.42 Å². The molecule has 2 aliphatic heterocycles. The van der Waals surface area contributed by atoms with E-state index >= 15 is 0 Å². The summed E-state index contributed by atoms with van der Waals surface area (Å²) in [5.41, 5.74) is -0.104. The Hall–Kier alpha value is -0.820. The molecule has 2 unspecified atom stereocenters. The number of hydrogen-bond donors (Lipinski definition) is 2. The molecule has 0 spiro atoms. The van der Waals surface area contributed by atoms with Gasteiger partial charge in [-0.3, -0.25) is 4.99 Å². The molecule has 0 amide bonds. The molecular formula is C15H29N3O3S. The minimum absolute atomic E-state index is 0.104. The monoisotopic (exact) mass is 331 g/mol. The lowest BCUT2D eigenvalue weighted by atomic mass is 9.94. The van der Waals surface area contributed by atoms with Crippen molar-refractivity contribution in [2.24, 2.45) is 10.9 Å². The maximum atomic E-state index is 11.5. The molecule has 2 aliphatic rings. The van der Waals surface area contributed by atoms with Crippen LogP contribution in [0, 0.1) is 5.92 Å². The number of rotatable bonds is 4. The first kappa shape index (κ1) is 17.5. The number of aliphatic imine (C=N–C) groups is 1. The van der Waals surface area contributed by atoms with Crippen molar-refractivity contribution in [1.82, 2.24) is 10.6 Å². The highest BCUT2D eigenvalue weighted by atomic mass is 32.2. The highest BCUT2D eigenvalue weighted by Gasteiger charge is 2.30. The average Bonchev–Trinajstić information content (AvgIpc) is 2.75. The Balaban J connectivity index is 1.90. The lowest BCUT2D eigenvalue weighted by Crippen LogP contribution is -2.49. The summed E-state index contributed by atoms with van der Waals surface area (Å²) in [6.45, 7) is 8.36. The third-order valence-corrected chi connectivity index (χ3v) is 6.05. The Labute approximate surface area is 134 Å². The van der Waals surface area contributed by atoms with Crippen LogP contribution in [0.5, 0.6) is 0 Å². The van der Waals surface area contributed by atoms with E-state index in [1.165, 1.54) is 0 Å². The van der Waals surface area contributed by atoms with Crippen LogP contribution in [0.3, 0.4) is 0 Å². The van der Waals surface area contributed by atoms with Crippen LogP contribution in [0.15, 0.2) is 4.99 Å². The lowest BCUT2D eigenvalue weighted by Gasteiger charge is -2.36. The van der Waals surface area contributed by atoms with Crippen molar-refractivity contribution in [1.29, 1.82) is 0 Å². The number of hydrogen-bond acceptors (Lipinski definition) is 4. The van der Waals surface area contributed by atoms with Gasteiger partial charge in [-0.15, -0.1) is 0 Å². The maximum absolute atomic E-state index is 11.5. The minimum Gasteiger partial charge on any atom is -0.375 e. The Morgan fingerprint density at radius 1 is 1.36 bits per heavy atom. The molecule has 22 heavy (non-hydrogen) atoms. The first-order chi connectivity index (χ1) is 10.3. The van der Waals surface area contributed by atoms with Crippen LogP contribution in [0.2, 0.25) is 0 Å².